The lowest BCUT2D eigenvalue weighted by atomic mass is 10.2. The fourth-order valence-electron chi connectivity index (χ4n) is 2.38. The summed E-state index contributed by atoms with van der Waals surface area (Å²) in [5.41, 5.74) is 1.57. The van der Waals surface area contributed by atoms with Gasteiger partial charge in [-0.15, -0.1) is 0 Å². The fourth-order valence-corrected chi connectivity index (χ4v) is 3.66. The van der Waals surface area contributed by atoms with Gasteiger partial charge in [-0.2, -0.15) is 0 Å². The Morgan fingerprint density at radius 2 is 1.92 bits per heavy atom. The van der Waals surface area contributed by atoms with E-state index in [1.54, 1.807) is 42.3 Å². The van der Waals surface area contributed by atoms with E-state index in [-0.39, 0.29) is 10.8 Å². The van der Waals surface area contributed by atoms with Crippen LogP contribution >= 0.6 is 11.6 Å². The van der Waals surface area contributed by atoms with E-state index in [0.717, 1.165) is 18.4 Å². The molecule has 0 aliphatic carbocycles. The van der Waals surface area contributed by atoms with Gasteiger partial charge in [0.1, 0.15) is 0 Å². The number of halogens is 1. The van der Waals surface area contributed by atoms with Gasteiger partial charge in [-0.25, -0.2) is 8.42 Å². The molecule has 0 unspecified atom stereocenters. The van der Waals surface area contributed by atoms with Crippen LogP contribution in [0.2, 0.25) is 5.02 Å². The van der Waals surface area contributed by atoms with Crippen molar-refractivity contribution in [3.8, 4) is 0 Å². The quantitative estimate of drug-likeness (QED) is 0.760. The molecule has 26 heavy (non-hydrogen) atoms. The SMILES string of the molecule is CCCCN(C)C(=O)c1cccc(S(=O)(=O)Nc2ccc(C)c(Cl)c2)c1. The van der Waals surface area contributed by atoms with Gasteiger partial charge in [0.25, 0.3) is 15.9 Å². The molecule has 0 fully saturated rings. The molecule has 1 N–H and O–H groups in total. The van der Waals surface area contributed by atoms with Crippen molar-refractivity contribution in [3.63, 3.8) is 0 Å². The number of carbonyl (C=O) groups excluding carboxylic acids is 1. The summed E-state index contributed by atoms with van der Waals surface area (Å²) in [6.45, 7) is 4.52. The minimum atomic E-state index is -3.82. The maximum absolute atomic E-state index is 12.6. The predicted molar refractivity (Wildman–Crippen MR) is 105 cm³/mol. The smallest absolute Gasteiger partial charge is 0.261 e. The van der Waals surface area contributed by atoms with Crippen LogP contribution in [0.4, 0.5) is 5.69 Å². The van der Waals surface area contributed by atoms with Crippen LogP contribution in [0.5, 0.6) is 0 Å². The molecule has 2 aromatic rings. The van der Waals surface area contributed by atoms with Crippen molar-refractivity contribution in [3.05, 3.63) is 58.6 Å². The van der Waals surface area contributed by atoms with Crippen LogP contribution < -0.4 is 4.72 Å². The van der Waals surface area contributed by atoms with Crippen LogP contribution in [0.25, 0.3) is 0 Å². The number of carbonyl (C=O) groups is 1. The highest BCUT2D eigenvalue weighted by molar-refractivity contribution is 7.92. The van der Waals surface area contributed by atoms with E-state index >= 15 is 0 Å². The molecule has 0 spiro atoms. The van der Waals surface area contributed by atoms with Crippen LogP contribution in [0.15, 0.2) is 47.4 Å². The van der Waals surface area contributed by atoms with E-state index in [4.69, 9.17) is 11.6 Å². The van der Waals surface area contributed by atoms with Crippen LogP contribution in [0.1, 0.15) is 35.7 Å². The number of nitrogens with one attached hydrogen (secondary N) is 1. The number of amides is 1. The molecule has 0 aliphatic rings. The zero-order valence-corrected chi connectivity index (χ0v) is 16.7. The second-order valence-corrected chi connectivity index (χ2v) is 8.27. The average molecular weight is 395 g/mol. The Kier molecular flexibility index (Phi) is 6.67. The number of hydrogen-bond donors (Lipinski definition) is 1. The Morgan fingerprint density at radius 3 is 2.58 bits per heavy atom. The molecule has 1 amide bonds. The molecule has 0 bridgehead atoms. The van der Waals surface area contributed by atoms with Gasteiger partial charge in [0.05, 0.1) is 10.6 Å². The van der Waals surface area contributed by atoms with E-state index in [1.165, 1.54) is 12.1 Å². The first-order valence-corrected chi connectivity index (χ1v) is 10.2. The Balaban J connectivity index is 2.24. The number of anilines is 1. The van der Waals surface area contributed by atoms with Crippen molar-refractivity contribution in [1.82, 2.24) is 4.90 Å². The molecule has 0 radical (unpaired) electrons. The van der Waals surface area contributed by atoms with Gasteiger partial charge in [0, 0.05) is 24.2 Å². The number of unbranched alkanes of at least 4 members (excludes halogenated alkanes) is 1. The Hall–Kier alpha value is -2.05. The highest BCUT2D eigenvalue weighted by atomic mass is 35.5. The van der Waals surface area contributed by atoms with Gasteiger partial charge in [-0.05, 0) is 49.2 Å². The summed E-state index contributed by atoms with van der Waals surface area (Å²) < 4.78 is 27.8. The molecular weight excluding hydrogens is 372 g/mol. The fraction of sp³-hybridized carbons (Fsp3) is 0.316. The number of hydrogen-bond acceptors (Lipinski definition) is 3. The summed E-state index contributed by atoms with van der Waals surface area (Å²) in [6, 6.07) is 11.0. The first-order valence-electron chi connectivity index (χ1n) is 8.39. The molecule has 7 heteroatoms. The third-order valence-corrected chi connectivity index (χ3v) is 5.80. The summed E-state index contributed by atoms with van der Waals surface area (Å²) in [6.07, 6.45) is 1.88. The number of benzene rings is 2. The summed E-state index contributed by atoms with van der Waals surface area (Å²) in [7, 11) is -2.11. The molecule has 5 nitrogen and oxygen atoms in total. The summed E-state index contributed by atoms with van der Waals surface area (Å²) in [4.78, 5) is 14.1. The maximum Gasteiger partial charge on any atom is 0.261 e. The van der Waals surface area contributed by atoms with E-state index in [2.05, 4.69) is 11.6 Å². The maximum atomic E-state index is 12.6. The van der Waals surface area contributed by atoms with E-state index in [1.807, 2.05) is 6.92 Å². The van der Waals surface area contributed by atoms with Crippen LogP contribution in [-0.2, 0) is 10.0 Å². The van der Waals surface area contributed by atoms with E-state index < -0.39 is 10.0 Å². The predicted octanol–water partition coefficient (Wildman–Crippen LogP) is 4.32. The van der Waals surface area contributed by atoms with Gasteiger partial charge >= 0.3 is 0 Å². The minimum absolute atomic E-state index is 0.0314. The molecule has 2 rings (SSSR count). The zero-order chi connectivity index (χ0) is 19.3. The molecule has 140 valence electrons. The summed E-state index contributed by atoms with van der Waals surface area (Å²) in [5, 5.41) is 0.478. The van der Waals surface area contributed by atoms with Gasteiger partial charge in [0.15, 0.2) is 0 Å². The minimum Gasteiger partial charge on any atom is -0.342 e. The lowest BCUT2D eigenvalue weighted by molar-refractivity contribution is 0.0793. The Labute approximate surface area is 160 Å². The third kappa shape index (κ3) is 4.99. The van der Waals surface area contributed by atoms with Crippen molar-refractivity contribution >= 4 is 33.2 Å². The van der Waals surface area contributed by atoms with Gasteiger partial charge in [-0.3, -0.25) is 9.52 Å². The lowest BCUT2D eigenvalue weighted by Crippen LogP contribution is -2.28. The number of rotatable bonds is 7. The van der Waals surface area contributed by atoms with E-state index in [9.17, 15) is 13.2 Å². The van der Waals surface area contributed by atoms with Crippen LogP contribution in [-0.4, -0.2) is 32.8 Å². The van der Waals surface area contributed by atoms with Crippen LogP contribution in [0, 0.1) is 6.92 Å². The van der Waals surface area contributed by atoms with Gasteiger partial charge < -0.3 is 4.90 Å². The molecule has 0 heterocycles. The second kappa shape index (κ2) is 8.56. The number of sulfonamides is 1. The van der Waals surface area contributed by atoms with Crippen molar-refractivity contribution < 1.29 is 13.2 Å². The van der Waals surface area contributed by atoms with Crippen molar-refractivity contribution in [2.24, 2.45) is 0 Å². The molecule has 0 atom stereocenters. The first kappa shape index (κ1) is 20.3. The molecule has 0 saturated heterocycles. The molecule has 0 saturated carbocycles. The normalized spacial score (nSPS) is 11.2. The van der Waals surface area contributed by atoms with Gasteiger partial charge in [0.2, 0.25) is 0 Å². The summed E-state index contributed by atoms with van der Waals surface area (Å²) in [5.74, 6) is -0.200. The van der Waals surface area contributed by atoms with Crippen molar-refractivity contribution in [2.75, 3.05) is 18.3 Å². The summed E-state index contributed by atoms with van der Waals surface area (Å²) >= 11 is 6.05. The number of nitrogens with zero attached hydrogens (tertiary/aromatic N) is 1. The monoisotopic (exact) mass is 394 g/mol. The third-order valence-electron chi connectivity index (χ3n) is 4.01. The number of aryl methyl sites for hydroxylation is 1. The zero-order valence-electron chi connectivity index (χ0n) is 15.1. The highest BCUT2D eigenvalue weighted by Gasteiger charge is 2.18. The second-order valence-electron chi connectivity index (χ2n) is 6.18. The lowest BCUT2D eigenvalue weighted by Gasteiger charge is -2.17. The standard InChI is InChI=1S/C19H23ClN2O3S/c1-4-5-11-22(3)19(23)15-7-6-8-17(12-15)26(24,25)21-16-10-9-14(2)18(20)13-16/h6-10,12-13,21H,4-5,11H2,1-3H3. The Morgan fingerprint density at radius 1 is 1.19 bits per heavy atom. The topological polar surface area (TPSA) is 66.5 Å². The van der Waals surface area contributed by atoms with E-state index in [0.29, 0.717) is 22.8 Å². The van der Waals surface area contributed by atoms with Crippen molar-refractivity contribution in [2.45, 2.75) is 31.6 Å². The first-order chi connectivity index (χ1) is 12.2. The van der Waals surface area contributed by atoms with Crippen LogP contribution in [0.3, 0.4) is 0 Å². The molecular formula is C19H23ClN2O3S. The van der Waals surface area contributed by atoms with Crippen molar-refractivity contribution in [1.29, 1.82) is 0 Å². The largest absolute Gasteiger partial charge is 0.342 e. The average Bonchev–Trinajstić information content (AvgIpc) is 2.62. The Bertz CT molecular complexity index is 897. The molecule has 2 aromatic carbocycles. The molecule has 0 aromatic heterocycles. The highest BCUT2D eigenvalue weighted by Crippen LogP contribution is 2.23. The molecule has 0 aliphatic heterocycles. The van der Waals surface area contributed by atoms with Gasteiger partial charge in [-0.1, -0.05) is 37.1 Å².